The fourth-order valence-corrected chi connectivity index (χ4v) is 3.74. The normalized spacial score (nSPS) is 26.5. The number of likely N-dealkylation sites (tertiary alicyclic amines) is 1. The van der Waals surface area contributed by atoms with E-state index in [0.717, 1.165) is 32.4 Å². The van der Waals surface area contributed by atoms with Gasteiger partial charge in [0.15, 0.2) is 0 Å². The Kier molecular flexibility index (Phi) is 3.63. The Bertz CT molecular complexity index is 696. The summed E-state index contributed by atoms with van der Waals surface area (Å²) in [5, 5.41) is 4.37. The molecule has 2 aromatic heterocycles. The van der Waals surface area contributed by atoms with Crippen LogP contribution >= 0.6 is 0 Å². The highest BCUT2D eigenvalue weighted by Gasteiger charge is 2.47. The van der Waals surface area contributed by atoms with E-state index in [-0.39, 0.29) is 12.0 Å². The highest BCUT2D eigenvalue weighted by molar-refractivity contribution is 5.83. The number of aryl methyl sites for hydroxylation is 1. The summed E-state index contributed by atoms with van der Waals surface area (Å²) in [5.41, 5.74) is 2.36. The van der Waals surface area contributed by atoms with Gasteiger partial charge >= 0.3 is 0 Å². The number of aromatic nitrogens is 3. The Morgan fingerprint density at radius 2 is 2.30 bits per heavy atom. The Morgan fingerprint density at radius 3 is 3.04 bits per heavy atom. The van der Waals surface area contributed by atoms with Crippen LogP contribution in [0.1, 0.15) is 36.3 Å². The minimum Gasteiger partial charge on any atom is -0.338 e. The van der Waals surface area contributed by atoms with Crippen LogP contribution in [-0.2, 0) is 11.3 Å². The van der Waals surface area contributed by atoms with Gasteiger partial charge < -0.3 is 4.90 Å². The first-order valence-electron chi connectivity index (χ1n) is 8.42. The SMILES string of the molecule is Cc1cnn(CC2CCCN2C(=O)C2CC2c2cccnc2)c1. The molecule has 1 aliphatic heterocycles. The molecule has 0 radical (unpaired) electrons. The molecule has 0 spiro atoms. The number of rotatable bonds is 4. The molecular formula is C18H22N4O. The fraction of sp³-hybridized carbons (Fsp3) is 0.500. The third-order valence-corrected chi connectivity index (χ3v) is 5.04. The summed E-state index contributed by atoms with van der Waals surface area (Å²) in [5.74, 6) is 0.841. The van der Waals surface area contributed by atoms with Crippen molar-refractivity contribution in [3.05, 3.63) is 48.0 Å². The van der Waals surface area contributed by atoms with Crippen LogP contribution in [-0.4, -0.2) is 38.2 Å². The minimum absolute atomic E-state index is 0.152. The molecule has 23 heavy (non-hydrogen) atoms. The molecule has 5 nitrogen and oxygen atoms in total. The summed E-state index contributed by atoms with van der Waals surface area (Å²) in [6, 6.07) is 4.32. The molecule has 0 bridgehead atoms. The van der Waals surface area contributed by atoms with E-state index in [1.54, 1.807) is 6.20 Å². The Labute approximate surface area is 136 Å². The van der Waals surface area contributed by atoms with Gasteiger partial charge in [-0.2, -0.15) is 5.10 Å². The van der Waals surface area contributed by atoms with E-state index in [9.17, 15) is 4.79 Å². The lowest BCUT2D eigenvalue weighted by molar-refractivity contribution is -0.133. The summed E-state index contributed by atoms with van der Waals surface area (Å²) in [6.45, 7) is 3.74. The first-order chi connectivity index (χ1) is 11.2. The van der Waals surface area contributed by atoms with Crippen molar-refractivity contribution in [3.63, 3.8) is 0 Å². The molecule has 3 unspecified atom stereocenters. The van der Waals surface area contributed by atoms with Gasteiger partial charge in [-0.1, -0.05) is 6.07 Å². The van der Waals surface area contributed by atoms with E-state index in [1.165, 1.54) is 11.1 Å². The fourth-order valence-electron chi connectivity index (χ4n) is 3.74. The molecule has 120 valence electrons. The number of carbonyl (C=O) groups is 1. The summed E-state index contributed by atoms with van der Waals surface area (Å²) >= 11 is 0. The maximum absolute atomic E-state index is 12.9. The Hall–Kier alpha value is -2.17. The van der Waals surface area contributed by atoms with Crippen molar-refractivity contribution >= 4 is 5.91 Å². The Morgan fingerprint density at radius 1 is 1.39 bits per heavy atom. The zero-order valence-corrected chi connectivity index (χ0v) is 13.4. The van der Waals surface area contributed by atoms with E-state index >= 15 is 0 Å². The zero-order chi connectivity index (χ0) is 15.8. The quantitative estimate of drug-likeness (QED) is 0.871. The van der Waals surface area contributed by atoms with Crippen LogP contribution in [0.4, 0.5) is 0 Å². The van der Waals surface area contributed by atoms with Gasteiger partial charge in [-0.05, 0) is 49.3 Å². The van der Waals surface area contributed by atoms with Gasteiger partial charge in [0.25, 0.3) is 0 Å². The van der Waals surface area contributed by atoms with E-state index in [4.69, 9.17) is 0 Å². The smallest absolute Gasteiger partial charge is 0.226 e. The van der Waals surface area contributed by atoms with Crippen LogP contribution in [0.15, 0.2) is 36.9 Å². The molecule has 2 aliphatic rings. The van der Waals surface area contributed by atoms with Crippen molar-refractivity contribution in [1.29, 1.82) is 0 Å². The lowest BCUT2D eigenvalue weighted by Crippen LogP contribution is -2.39. The molecule has 1 saturated carbocycles. The predicted molar refractivity (Wildman–Crippen MR) is 86.8 cm³/mol. The maximum atomic E-state index is 12.9. The van der Waals surface area contributed by atoms with E-state index in [2.05, 4.69) is 27.2 Å². The molecule has 4 rings (SSSR count). The van der Waals surface area contributed by atoms with Crippen molar-refractivity contribution < 1.29 is 4.79 Å². The van der Waals surface area contributed by atoms with Crippen molar-refractivity contribution in [2.45, 2.75) is 44.7 Å². The number of hydrogen-bond donors (Lipinski definition) is 0. The summed E-state index contributed by atoms with van der Waals surface area (Å²) < 4.78 is 1.97. The van der Waals surface area contributed by atoms with Gasteiger partial charge in [0.2, 0.25) is 5.91 Å². The number of pyridine rings is 1. The second-order valence-corrected chi connectivity index (χ2v) is 6.80. The van der Waals surface area contributed by atoms with Crippen molar-refractivity contribution in [2.75, 3.05) is 6.54 Å². The first-order valence-corrected chi connectivity index (χ1v) is 8.42. The molecule has 2 fully saturated rings. The average Bonchev–Trinajstić information content (AvgIpc) is 3.07. The summed E-state index contributed by atoms with van der Waals surface area (Å²) in [6.07, 6.45) is 10.7. The number of carbonyl (C=O) groups excluding carboxylic acids is 1. The highest BCUT2D eigenvalue weighted by atomic mass is 16.2. The molecule has 0 N–H and O–H groups in total. The van der Waals surface area contributed by atoms with Crippen LogP contribution in [0.2, 0.25) is 0 Å². The van der Waals surface area contributed by atoms with Crippen molar-refractivity contribution in [3.8, 4) is 0 Å². The average molecular weight is 310 g/mol. The molecule has 0 aromatic carbocycles. The predicted octanol–water partition coefficient (Wildman–Crippen LogP) is 2.38. The van der Waals surface area contributed by atoms with E-state index in [0.29, 0.717) is 11.8 Å². The van der Waals surface area contributed by atoms with Gasteiger partial charge in [-0.25, -0.2) is 0 Å². The lowest BCUT2D eigenvalue weighted by atomic mass is 10.1. The summed E-state index contributed by atoms with van der Waals surface area (Å²) in [4.78, 5) is 19.1. The lowest BCUT2D eigenvalue weighted by Gasteiger charge is -2.25. The van der Waals surface area contributed by atoms with Crippen LogP contribution in [0.3, 0.4) is 0 Å². The highest BCUT2D eigenvalue weighted by Crippen LogP contribution is 2.48. The molecular weight excluding hydrogens is 288 g/mol. The van der Waals surface area contributed by atoms with Gasteiger partial charge in [0.1, 0.15) is 0 Å². The number of hydrogen-bond acceptors (Lipinski definition) is 3. The van der Waals surface area contributed by atoms with Gasteiger partial charge in [-0.15, -0.1) is 0 Å². The third-order valence-electron chi connectivity index (χ3n) is 5.04. The summed E-state index contributed by atoms with van der Waals surface area (Å²) in [7, 11) is 0. The number of nitrogens with zero attached hydrogens (tertiary/aromatic N) is 4. The largest absolute Gasteiger partial charge is 0.338 e. The van der Waals surface area contributed by atoms with Gasteiger partial charge in [-0.3, -0.25) is 14.5 Å². The number of amides is 1. The molecule has 2 aromatic rings. The molecule has 3 heterocycles. The van der Waals surface area contributed by atoms with E-state index in [1.807, 2.05) is 30.1 Å². The minimum atomic E-state index is 0.152. The van der Waals surface area contributed by atoms with Gasteiger partial charge in [0, 0.05) is 31.1 Å². The second kappa shape index (κ2) is 5.80. The Balaban J connectivity index is 1.42. The van der Waals surface area contributed by atoms with Crippen LogP contribution < -0.4 is 0 Å². The standard InChI is InChI=1S/C18H22N4O/c1-13-9-20-21(11-13)12-15-5-3-7-22(15)18(23)17-8-16(17)14-4-2-6-19-10-14/h2,4,6,9-11,15-17H,3,5,7-8,12H2,1H3. The second-order valence-electron chi connectivity index (χ2n) is 6.80. The van der Waals surface area contributed by atoms with Gasteiger partial charge in [0.05, 0.1) is 18.8 Å². The van der Waals surface area contributed by atoms with Crippen LogP contribution in [0.5, 0.6) is 0 Å². The maximum Gasteiger partial charge on any atom is 0.226 e. The van der Waals surface area contributed by atoms with E-state index < -0.39 is 0 Å². The molecule has 1 aliphatic carbocycles. The molecule has 5 heteroatoms. The molecule has 1 saturated heterocycles. The monoisotopic (exact) mass is 310 g/mol. The zero-order valence-electron chi connectivity index (χ0n) is 13.4. The van der Waals surface area contributed by atoms with Crippen molar-refractivity contribution in [1.82, 2.24) is 19.7 Å². The first kappa shape index (κ1) is 14.4. The molecule has 1 amide bonds. The molecule has 3 atom stereocenters. The van der Waals surface area contributed by atoms with Crippen molar-refractivity contribution in [2.24, 2.45) is 5.92 Å². The third kappa shape index (κ3) is 2.87. The van der Waals surface area contributed by atoms with Crippen LogP contribution in [0, 0.1) is 12.8 Å². The topological polar surface area (TPSA) is 51.0 Å². The van der Waals surface area contributed by atoms with Crippen LogP contribution in [0.25, 0.3) is 0 Å².